The van der Waals surface area contributed by atoms with Crippen molar-refractivity contribution in [1.82, 2.24) is 4.90 Å². The summed E-state index contributed by atoms with van der Waals surface area (Å²) in [5.41, 5.74) is 5.83. The van der Waals surface area contributed by atoms with E-state index in [1.807, 2.05) is 0 Å². The zero-order valence-electron chi connectivity index (χ0n) is 9.26. The Bertz CT molecular complexity index is 234. The number of piperidine rings is 1. The maximum atomic E-state index is 12.0. The van der Waals surface area contributed by atoms with E-state index in [0.717, 1.165) is 19.4 Å². The summed E-state index contributed by atoms with van der Waals surface area (Å²) in [6, 6.07) is 0.118. The van der Waals surface area contributed by atoms with Crippen LogP contribution in [0, 0.1) is 0 Å². The molecule has 2 saturated heterocycles. The summed E-state index contributed by atoms with van der Waals surface area (Å²) in [7, 11) is 0. The van der Waals surface area contributed by atoms with Gasteiger partial charge in [0.2, 0.25) is 0 Å². The van der Waals surface area contributed by atoms with Gasteiger partial charge in [0.1, 0.15) is 0 Å². The molecule has 0 radical (unpaired) electrons. The van der Waals surface area contributed by atoms with Gasteiger partial charge < -0.3 is 20.1 Å². The summed E-state index contributed by atoms with van der Waals surface area (Å²) < 4.78 is 10.6. The number of carbonyl (C=O) groups is 1. The summed E-state index contributed by atoms with van der Waals surface area (Å²) in [4.78, 5) is 13.8. The molecule has 6 heteroatoms. The molecule has 0 aromatic rings. The van der Waals surface area contributed by atoms with E-state index in [2.05, 4.69) is 0 Å². The highest BCUT2D eigenvalue weighted by atomic mass is 35.5. The average Bonchev–Trinajstić information content (AvgIpc) is 2.29. The molecule has 2 aliphatic heterocycles. The summed E-state index contributed by atoms with van der Waals surface area (Å²) in [6.07, 6.45) is 1.58. The van der Waals surface area contributed by atoms with E-state index in [1.165, 1.54) is 0 Å². The molecule has 2 heterocycles. The Labute approximate surface area is 102 Å². The van der Waals surface area contributed by atoms with Crippen molar-refractivity contribution in [3.8, 4) is 0 Å². The second kappa shape index (κ2) is 6.39. The third kappa shape index (κ3) is 3.31. The first kappa shape index (κ1) is 13.7. The lowest BCUT2D eigenvalue weighted by molar-refractivity contribution is -0.159. The molecule has 0 aromatic carbocycles. The van der Waals surface area contributed by atoms with Gasteiger partial charge in [0.05, 0.1) is 19.8 Å². The van der Waals surface area contributed by atoms with Gasteiger partial charge in [-0.3, -0.25) is 4.79 Å². The lowest BCUT2D eigenvalue weighted by Crippen LogP contribution is -2.51. The lowest BCUT2D eigenvalue weighted by atomic mass is 10.1. The minimum atomic E-state index is -0.413. The Morgan fingerprint density at radius 3 is 2.81 bits per heavy atom. The summed E-state index contributed by atoms with van der Waals surface area (Å²) >= 11 is 0. The third-order valence-electron chi connectivity index (χ3n) is 2.86. The van der Waals surface area contributed by atoms with Crippen LogP contribution in [0.25, 0.3) is 0 Å². The third-order valence-corrected chi connectivity index (χ3v) is 2.86. The minimum Gasteiger partial charge on any atom is -0.376 e. The zero-order chi connectivity index (χ0) is 10.7. The molecule has 16 heavy (non-hydrogen) atoms. The molecule has 0 saturated carbocycles. The van der Waals surface area contributed by atoms with E-state index < -0.39 is 6.10 Å². The monoisotopic (exact) mass is 250 g/mol. The highest BCUT2D eigenvalue weighted by Gasteiger charge is 2.29. The predicted octanol–water partition coefficient (Wildman–Crippen LogP) is -0.227. The van der Waals surface area contributed by atoms with Crippen molar-refractivity contribution in [2.75, 3.05) is 32.9 Å². The molecule has 2 N–H and O–H groups in total. The Balaban J connectivity index is 0.00000128. The van der Waals surface area contributed by atoms with Crippen LogP contribution < -0.4 is 5.73 Å². The molecule has 94 valence electrons. The average molecular weight is 251 g/mol. The van der Waals surface area contributed by atoms with Gasteiger partial charge in [-0.2, -0.15) is 0 Å². The number of nitrogens with zero attached hydrogens (tertiary/aromatic N) is 1. The number of likely N-dealkylation sites (tertiary alicyclic amines) is 1. The molecule has 2 fully saturated rings. The highest BCUT2D eigenvalue weighted by Crippen LogP contribution is 2.12. The first-order valence-corrected chi connectivity index (χ1v) is 5.51. The molecule has 1 unspecified atom stereocenters. The Hall–Kier alpha value is -0.360. The SMILES string of the molecule is Cl.N[C@@H]1CCCN(C(=O)C2COCCO2)C1. The Morgan fingerprint density at radius 2 is 2.19 bits per heavy atom. The smallest absolute Gasteiger partial charge is 0.254 e. The molecule has 0 spiro atoms. The van der Waals surface area contributed by atoms with Crippen molar-refractivity contribution >= 4 is 18.3 Å². The van der Waals surface area contributed by atoms with Crippen LogP contribution in [0.15, 0.2) is 0 Å². The zero-order valence-corrected chi connectivity index (χ0v) is 10.1. The van der Waals surface area contributed by atoms with Crippen molar-refractivity contribution in [2.24, 2.45) is 5.73 Å². The number of ether oxygens (including phenoxy) is 2. The van der Waals surface area contributed by atoms with Crippen molar-refractivity contribution < 1.29 is 14.3 Å². The molecule has 2 aliphatic rings. The largest absolute Gasteiger partial charge is 0.376 e. The standard InChI is InChI=1S/C10H18N2O3.ClH/c11-8-2-1-3-12(6-8)10(13)9-7-14-4-5-15-9;/h8-9H,1-7,11H2;1H/t8-,9?;/m1./s1. The molecule has 5 nitrogen and oxygen atoms in total. The number of halogens is 1. The molecular formula is C10H19ClN2O3. The van der Waals surface area contributed by atoms with E-state index >= 15 is 0 Å². The molecule has 0 aliphatic carbocycles. The van der Waals surface area contributed by atoms with Crippen molar-refractivity contribution in [3.05, 3.63) is 0 Å². The van der Waals surface area contributed by atoms with Gasteiger partial charge in [-0.1, -0.05) is 0 Å². The van der Waals surface area contributed by atoms with Crippen LogP contribution in [0.3, 0.4) is 0 Å². The molecular weight excluding hydrogens is 232 g/mol. The number of carbonyl (C=O) groups excluding carboxylic acids is 1. The maximum Gasteiger partial charge on any atom is 0.254 e. The van der Waals surface area contributed by atoms with Crippen molar-refractivity contribution in [3.63, 3.8) is 0 Å². The highest BCUT2D eigenvalue weighted by molar-refractivity contribution is 5.85. The van der Waals surface area contributed by atoms with Crippen LogP contribution in [-0.4, -0.2) is 55.9 Å². The van der Waals surface area contributed by atoms with E-state index in [9.17, 15) is 4.79 Å². The van der Waals surface area contributed by atoms with Crippen molar-refractivity contribution in [2.45, 2.75) is 25.0 Å². The fourth-order valence-corrected chi connectivity index (χ4v) is 2.04. The van der Waals surface area contributed by atoms with Crippen LogP contribution in [-0.2, 0) is 14.3 Å². The van der Waals surface area contributed by atoms with Crippen LogP contribution in [0.5, 0.6) is 0 Å². The summed E-state index contributed by atoms with van der Waals surface area (Å²) in [5.74, 6) is 0.0323. The van der Waals surface area contributed by atoms with E-state index in [4.69, 9.17) is 15.2 Å². The molecule has 0 bridgehead atoms. The number of hydrogen-bond acceptors (Lipinski definition) is 4. The minimum absolute atomic E-state index is 0. The number of rotatable bonds is 1. The van der Waals surface area contributed by atoms with Crippen molar-refractivity contribution in [1.29, 1.82) is 0 Å². The fourth-order valence-electron chi connectivity index (χ4n) is 2.04. The van der Waals surface area contributed by atoms with Gasteiger partial charge in [0.25, 0.3) is 5.91 Å². The fraction of sp³-hybridized carbons (Fsp3) is 0.900. The molecule has 2 atom stereocenters. The number of nitrogens with two attached hydrogens (primary N) is 1. The first-order valence-electron chi connectivity index (χ1n) is 5.51. The lowest BCUT2D eigenvalue weighted by Gasteiger charge is -2.34. The first-order chi connectivity index (χ1) is 7.27. The number of amides is 1. The second-order valence-electron chi connectivity index (χ2n) is 4.12. The number of hydrogen-bond donors (Lipinski definition) is 1. The van der Waals surface area contributed by atoms with Gasteiger partial charge in [-0.15, -0.1) is 12.4 Å². The van der Waals surface area contributed by atoms with E-state index in [-0.39, 0.29) is 24.4 Å². The maximum absolute atomic E-state index is 12.0. The van der Waals surface area contributed by atoms with E-state index in [1.54, 1.807) is 4.90 Å². The predicted molar refractivity (Wildman–Crippen MR) is 61.6 cm³/mol. The van der Waals surface area contributed by atoms with Crippen LogP contribution >= 0.6 is 12.4 Å². The molecule has 2 rings (SSSR count). The van der Waals surface area contributed by atoms with Crippen LogP contribution in [0.1, 0.15) is 12.8 Å². The Kier molecular flexibility index (Phi) is 5.48. The summed E-state index contributed by atoms with van der Waals surface area (Å²) in [6.45, 7) is 2.93. The molecule has 0 aromatic heterocycles. The topological polar surface area (TPSA) is 64.8 Å². The Morgan fingerprint density at radius 1 is 1.38 bits per heavy atom. The van der Waals surface area contributed by atoms with Crippen LogP contribution in [0.4, 0.5) is 0 Å². The van der Waals surface area contributed by atoms with Crippen LogP contribution in [0.2, 0.25) is 0 Å². The quantitative estimate of drug-likeness (QED) is 0.699. The molecule has 1 amide bonds. The van der Waals surface area contributed by atoms with E-state index in [0.29, 0.717) is 26.4 Å². The second-order valence-corrected chi connectivity index (χ2v) is 4.12. The van der Waals surface area contributed by atoms with Gasteiger partial charge >= 0.3 is 0 Å². The van der Waals surface area contributed by atoms with Gasteiger partial charge in [0, 0.05) is 19.1 Å². The van der Waals surface area contributed by atoms with Gasteiger partial charge in [0.15, 0.2) is 6.10 Å². The van der Waals surface area contributed by atoms with Gasteiger partial charge in [-0.25, -0.2) is 0 Å². The van der Waals surface area contributed by atoms with Gasteiger partial charge in [-0.05, 0) is 12.8 Å². The normalized spacial score (nSPS) is 30.7. The summed E-state index contributed by atoms with van der Waals surface area (Å²) in [5, 5.41) is 0.